The second-order valence-corrected chi connectivity index (χ2v) is 7.21. The van der Waals surface area contributed by atoms with E-state index in [4.69, 9.17) is 0 Å². The molecule has 2 aromatic heterocycles. The molecule has 0 atom stereocenters. The molecule has 3 rings (SSSR count). The Morgan fingerprint density at radius 2 is 1.87 bits per heavy atom. The summed E-state index contributed by atoms with van der Waals surface area (Å²) >= 11 is 1.28. The molecule has 1 N–H and O–H groups in total. The number of nitrogens with one attached hydrogen (secondary N) is 1. The summed E-state index contributed by atoms with van der Waals surface area (Å²) < 4.78 is 3.11. The number of aryl methyl sites for hydroxylation is 1. The second-order valence-electron chi connectivity index (χ2n) is 6.23. The lowest BCUT2D eigenvalue weighted by molar-refractivity contribution is 0.550. The molecule has 0 saturated heterocycles. The van der Waals surface area contributed by atoms with E-state index in [-0.39, 0.29) is 11.0 Å². The van der Waals surface area contributed by atoms with Crippen LogP contribution in [0.3, 0.4) is 0 Å². The minimum absolute atomic E-state index is 0.103. The average molecular weight is 330 g/mol. The molecule has 0 radical (unpaired) electrons. The van der Waals surface area contributed by atoms with Crippen molar-refractivity contribution < 1.29 is 0 Å². The number of hydrogen-bond donors (Lipinski definition) is 1. The van der Waals surface area contributed by atoms with Gasteiger partial charge in [-0.1, -0.05) is 39.0 Å². The van der Waals surface area contributed by atoms with Gasteiger partial charge in [0.05, 0.1) is 11.4 Å². The normalized spacial score (nSPS) is 11.8. The molecule has 23 heavy (non-hydrogen) atoms. The number of nitrogens with zero attached hydrogens (tertiary/aromatic N) is 5. The first-order valence-electron chi connectivity index (χ1n) is 7.19. The number of tetrazole rings is 1. The van der Waals surface area contributed by atoms with Gasteiger partial charge in [-0.15, -0.1) is 5.10 Å². The van der Waals surface area contributed by atoms with Gasteiger partial charge in [-0.2, -0.15) is 0 Å². The van der Waals surface area contributed by atoms with Crippen molar-refractivity contribution in [2.24, 2.45) is 7.05 Å². The van der Waals surface area contributed by atoms with Crippen LogP contribution in [0.15, 0.2) is 45.2 Å². The summed E-state index contributed by atoms with van der Waals surface area (Å²) in [6.45, 7) is 6.19. The lowest BCUT2D eigenvalue weighted by Gasteiger charge is -2.17. The summed E-state index contributed by atoms with van der Waals surface area (Å²) in [5, 5.41) is 15.2. The van der Waals surface area contributed by atoms with Gasteiger partial charge in [-0.05, 0) is 34.3 Å². The zero-order valence-corrected chi connectivity index (χ0v) is 14.3. The topological polar surface area (TPSA) is 81.4 Å². The minimum atomic E-state index is -0.215. The fraction of sp³-hybridized carbons (Fsp3) is 0.333. The van der Waals surface area contributed by atoms with Gasteiger partial charge in [0.2, 0.25) is 5.16 Å². The monoisotopic (exact) mass is 330 g/mol. The fourth-order valence-corrected chi connectivity index (χ4v) is 3.24. The number of aromatic nitrogens is 6. The van der Waals surface area contributed by atoms with E-state index in [0.29, 0.717) is 10.1 Å². The van der Waals surface area contributed by atoms with Crippen LogP contribution in [0.4, 0.5) is 0 Å². The average Bonchev–Trinajstić information content (AvgIpc) is 3.05. The molecule has 0 amide bonds. The van der Waals surface area contributed by atoms with Gasteiger partial charge in [0.25, 0.3) is 5.56 Å². The molecule has 0 saturated carbocycles. The third-order valence-electron chi connectivity index (χ3n) is 3.39. The zero-order valence-electron chi connectivity index (χ0n) is 13.4. The predicted octanol–water partition coefficient (Wildman–Crippen LogP) is 2.14. The Balaban J connectivity index is 2.16. The molecule has 120 valence electrons. The second kappa shape index (κ2) is 5.69. The number of H-pyrrole nitrogens is 1. The molecule has 0 aliphatic rings. The molecule has 8 heteroatoms. The molecule has 0 bridgehead atoms. The molecule has 0 unspecified atom stereocenters. The highest BCUT2D eigenvalue weighted by Gasteiger charge is 2.27. The summed E-state index contributed by atoms with van der Waals surface area (Å²) in [5.74, 6) is 0. The molecular weight excluding hydrogens is 312 g/mol. The van der Waals surface area contributed by atoms with Gasteiger partial charge < -0.3 is 0 Å². The zero-order chi connectivity index (χ0) is 16.6. The number of benzene rings is 1. The van der Waals surface area contributed by atoms with Crippen LogP contribution in [-0.2, 0) is 12.5 Å². The third-order valence-corrected chi connectivity index (χ3v) is 4.50. The van der Waals surface area contributed by atoms with Crippen molar-refractivity contribution in [1.82, 2.24) is 30.0 Å². The van der Waals surface area contributed by atoms with Crippen LogP contribution in [-0.4, -0.2) is 30.0 Å². The number of hydrogen-bond acceptors (Lipinski definition) is 5. The van der Waals surface area contributed by atoms with Crippen LogP contribution in [0.5, 0.6) is 0 Å². The van der Waals surface area contributed by atoms with E-state index < -0.39 is 0 Å². The van der Waals surface area contributed by atoms with Crippen LogP contribution in [0.25, 0.3) is 5.69 Å². The summed E-state index contributed by atoms with van der Waals surface area (Å²) in [4.78, 5) is 13.5. The summed E-state index contributed by atoms with van der Waals surface area (Å²) in [6.07, 6.45) is 0. The highest BCUT2D eigenvalue weighted by molar-refractivity contribution is 7.99. The maximum Gasteiger partial charge on any atom is 0.285 e. The maximum atomic E-state index is 12.9. The van der Waals surface area contributed by atoms with E-state index in [9.17, 15) is 4.79 Å². The molecule has 1 aromatic carbocycles. The van der Waals surface area contributed by atoms with Crippen molar-refractivity contribution in [1.29, 1.82) is 0 Å². The van der Waals surface area contributed by atoms with Crippen molar-refractivity contribution in [3.05, 3.63) is 46.4 Å². The molecule has 0 aliphatic heterocycles. The first kappa shape index (κ1) is 15.5. The van der Waals surface area contributed by atoms with E-state index >= 15 is 0 Å². The van der Waals surface area contributed by atoms with E-state index in [1.54, 1.807) is 16.4 Å². The quantitative estimate of drug-likeness (QED) is 0.795. The number of para-hydroxylation sites is 1. The highest BCUT2D eigenvalue weighted by atomic mass is 32.2. The van der Waals surface area contributed by atoms with Crippen LogP contribution in [0.2, 0.25) is 0 Å². The Kier molecular flexibility index (Phi) is 3.85. The van der Waals surface area contributed by atoms with Gasteiger partial charge in [0.1, 0.15) is 4.90 Å². The first-order chi connectivity index (χ1) is 10.9. The fourth-order valence-electron chi connectivity index (χ4n) is 2.18. The van der Waals surface area contributed by atoms with Gasteiger partial charge in [0.15, 0.2) is 0 Å². The van der Waals surface area contributed by atoms with Gasteiger partial charge >= 0.3 is 0 Å². The summed E-state index contributed by atoms with van der Waals surface area (Å²) in [7, 11) is 1.75. The van der Waals surface area contributed by atoms with Crippen LogP contribution in [0.1, 0.15) is 26.5 Å². The molecule has 0 spiro atoms. The first-order valence-corrected chi connectivity index (χ1v) is 8.00. The van der Waals surface area contributed by atoms with Crippen molar-refractivity contribution >= 4 is 11.8 Å². The van der Waals surface area contributed by atoms with E-state index in [0.717, 1.165) is 11.4 Å². The molecule has 2 heterocycles. The standard InChI is InChI=1S/C15H18N6OS/c1-15(2,3)12-11(23-14-16-18-19-20(14)4)13(22)21(17-12)10-8-6-5-7-9-10/h5-9,17H,1-4H3. The van der Waals surface area contributed by atoms with Crippen LogP contribution < -0.4 is 5.56 Å². The number of rotatable bonds is 3. The van der Waals surface area contributed by atoms with Gasteiger partial charge in [-0.3, -0.25) is 9.89 Å². The Hall–Kier alpha value is -2.35. The van der Waals surface area contributed by atoms with Crippen molar-refractivity contribution in [2.45, 2.75) is 36.2 Å². The van der Waals surface area contributed by atoms with Gasteiger partial charge in [-0.25, -0.2) is 9.36 Å². The summed E-state index contributed by atoms with van der Waals surface area (Å²) in [5.41, 5.74) is 1.34. The smallest absolute Gasteiger partial charge is 0.285 e. The SMILES string of the molecule is Cn1nnnc1Sc1c(C(C)(C)C)[nH]n(-c2ccccc2)c1=O. The molecule has 7 nitrogen and oxygen atoms in total. The maximum absolute atomic E-state index is 12.9. The number of aromatic amines is 1. The highest BCUT2D eigenvalue weighted by Crippen LogP contribution is 2.32. The Morgan fingerprint density at radius 1 is 1.17 bits per heavy atom. The Labute approximate surface area is 137 Å². The third kappa shape index (κ3) is 2.94. The summed E-state index contributed by atoms with van der Waals surface area (Å²) in [6, 6.07) is 9.51. The lowest BCUT2D eigenvalue weighted by atomic mass is 9.92. The Morgan fingerprint density at radius 3 is 2.43 bits per heavy atom. The Bertz CT molecular complexity index is 872. The minimum Gasteiger partial charge on any atom is -0.293 e. The largest absolute Gasteiger partial charge is 0.293 e. The molecule has 0 fully saturated rings. The molecule has 0 aliphatic carbocycles. The molecule has 3 aromatic rings. The van der Waals surface area contributed by atoms with Crippen molar-refractivity contribution in [3.8, 4) is 5.69 Å². The van der Waals surface area contributed by atoms with Crippen LogP contribution in [0, 0.1) is 0 Å². The van der Waals surface area contributed by atoms with E-state index in [1.165, 1.54) is 11.8 Å². The van der Waals surface area contributed by atoms with Gasteiger partial charge in [0, 0.05) is 12.5 Å². The lowest BCUT2D eigenvalue weighted by Crippen LogP contribution is -2.15. The molecular formula is C15H18N6OS. The van der Waals surface area contributed by atoms with Crippen molar-refractivity contribution in [2.75, 3.05) is 0 Å². The predicted molar refractivity (Wildman–Crippen MR) is 88.0 cm³/mol. The van der Waals surface area contributed by atoms with E-state index in [1.807, 2.05) is 30.3 Å². The van der Waals surface area contributed by atoms with E-state index in [2.05, 4.69) is 41.4 Å². The van der Waals surface area contributed by atoms with Crippen LogP contribution >= 0.6 is 11.8 Å². The van der Waals surface area contributed by atoms with Crippen molar-refractivity contribution in [3.63, 3.8) is 0 Å².